The molecule has 0 spiro atoms. The summed E-state index contributed by atoms with van der Waals surface area (Å²) >= 11 is 0. The lowest BCUT2D eigenvalue weighted by Crippen LogP contribution is -2.47. The maximum Gasteiger partial charge on any atom is 0.418 e. The van der Waals surface area contributed by atoms with E-state index in [9.17, 15) is 27.7 Å². The largest absolute Gasteiger partial charge is 0.418 e. The second kappa shape index (κ2) is 8.49. The van der Waals surface area contributed by atoms with Crippen molar-refractivity contribution in [2.45, 2.75) is 6.18 Å². The van der Waals surface area contributed by atoms with Crippen molar-refractivity contribution in [2.75, 3.05) is 36.0 Å². The second-order valence-corrected chi connectivity index (χ2v) is 7.90. The van der Waals surface area contributed by atoms with Crippen LogP contribution in [0.15, 0.2) is 54.6 Å². The van der Waals surface area contributed by atoms with Crippen molar-refractivity contribution in [2.24, 2.45) is 0 Å². The maximum atomic E-state index is 14.3. The molecule has 2 aromatic carbocycles. The standard InChI is InChI=1S/C22H17F4N7O2/c23-17-4-2-1-3-15(17)21-28-27-19-7-8-20(29-32(19)21)31-11-9-30(10-12-31)18-6-5-14(33(34)35)13-16(18)22(24,25)26/h1-8,13H,9-12H2. The SMILES string of the molecule is O=[N+]([O-])c1ccc(N2CCN(c3ccc4nnc(-c5ccccc5F)n4n3)CC2)c(C(F)(F)F)c1. The van der Waals surface area contributed by atoms with E-state index in [4.69, 9.17) is 0 Å². The molecule has 2 aromatic heterocycles. The summed E-state index contributed by atoms with van der Waals surface area (Å²) in [6.45, 7) is 1.18. The highest BCUT2D eigenvalue weighted by Gasteiger charge is 2.37. The molecule has 0 atom stereocenters. The van der Waals surface area contributed by atoms with Gasteiger partial charge in [0.05, 0.1) is 16.1 Å². The Morgan fingerprint density at radius 1 is 0.914 bits per heavy atom. The molecule has 3 heterocycles. The average Bonchev–Trinajstić information content (AvgIpc) is 3.26. The molecule has 180 valence electrons. The zero-order chi connectivity index (χ0) is 24.7. The van der Waals surface area contributed by atoms with Crippen LogP contribution in [0.1, 0.15) is 5.56 Å². The molecule has 0 unspecified atom stereocenters. The number of non-ortho nitro benzene ring substituents is 1. The fourth-order valence-electron chi connectivity index (χ4n) is 4.08. The van der Waals surface area contributed by atoms with Crippen molar-refractivity contribution in [1.29, 1.82) is 0 Å². The Morgan fingerprint density at radius 3 is 2.31 bits per heavy atom. The van der Waals surface area contributed by atoms with Gasteiger partial charge in [0.15, 0.2) is 11.5 Å². The van der Waals surface area contributed by atoms with Crippen molar-refractivity contribution in [1.82, 2.24) is 19.8 Å². The Hall–Kier alpha value is -4.29. The first-order valence-corrected chi connectivity index (χ1v) is 10.6. The van der Waals surface area contributed by atoms with Gasteiger partial charge in [-0.2, -0.15) is 17.7 Å². The van der Waals surface area contributed by atoms with E-state index in [1.54, 1.807) is 35.2 Å². The lowest BCUT2D eigenvalue weighted by Gasteiger charge is -2.37. The summed E-state index contributed by atoms with van der Waals surface area (Å²) in [5, 5.41) is 23.6. The summed E-state index contributed by atoms with van der Waals surface area (Å²) < 4.78 is 56.5. The lowest BCUT2D eigenvalue weighted by molar-refractivity contribution is -0.385. The van der Waals surface area contributed by atoms with Gasteiger partial charge in [0.25, 0.3) is 5.69 Å². The van der Waals surface area contributed by atoms with E-state index in [1.165, 1.54) is 10.6 Å². The van der Waals surface area contributed by atoms with Crippen LogP contribution in [-0.2, 0) is 6.18 Å². The molecule has 1 aliphatic heterocycles. The summed E-state index contributed by atoms with van der Waals surface area (Å²) in [5.74, 6) is 0.305. The normalized spacial score (nSPS) is 14.5. The van der Waals surface area contributed by atoms with Gasteiger partial charge in [0.2, 0.25) is 0 Å². The molecule has 1 fully saturated rings. The first-order valence-electron chi connectivity index (χ1n) is 10.6. The molecule has 35 heavy (non-hydrogen) atoms. The number of nitrogens with zero attached hydrogens (tertiary/aromatic N) is 7. The molecule has 0 amide bonds. The Balaban J connectivity index is 1.40. The van der Waals surface area contributed by atoms with Crippen LogP contribution in [0.3, 0.4) is 0 Å². The molecule has 4 aromatic rings. The second-order valence-electron chi connectivity index (χ2n) is 7.90. The van der Waals surface area contributed by atoms with Gasteiger partial charge in [0.1, 0.15) is 11.6 Å². The number of rotatable bonds is 4. The van der Waals surface area contributed by atoms with Crippen LogP contribution in [0.5, 0.6) is 0 Å². The zero-order valence-electron chi connectivity index (χ0n) is 18.0. The number of nitro benzene ring substituents is 1. The van der Waals surface area contributed by atoms with E-state index >= 15 is 0 Å². The molecule has 0 radical (unpaired) electrons. The van der Waals surface area contributed by atoms with Gasteiger partial charge in [-0.3, -0.25) is 10.1 Å². The molecule has 0 saturated carbocycles. The van der Waals surface area contributed by atoms with E-state index < -0.39 is 28.2 Å². The van der Waals surface area contributed by atoms with E-state index in [1.807, 2.05) is 4.90 Å². The van der Waals surface area contributed by atoms with E-state index in [0.717, 1.165) is 12.1 Å². The van der Waals surface area contributed by atoms with Crippen molar-refractivity contribution in [3.8, 4) is 11.4 Å². The monoisotopic (exact) mass is 487 g/mol. The molecule has 13 heteroatoms. The first kappa shape index (κ1) is 22.5. The molecule has 5 rings (SSSR count). The molecular weight excluding hydrogens is 470 g/mol. The minimum absolute atomic E-state index is 0.105. The molecule has 9 nitrogen and oxygen atoms in total. The van der Waals surface area contributed by atoms with Gasteiger partial charge in [0, 0.05) is 44.0 Å². The highest BCUT2D eigenvalue weighted by molar-refractivity contribution is 5.62. The van der Waals surface area contributed by atoms with Gasteiger partial charge < -0.3 is 9.80 Å². The fourth-order valence-corrected chi connectivity index (χ4v) is 4.08. The average molecular weight is 487 g/mol. The van der Waals surface area contributed by atoms with Crippen LogP contribution < -0.4 is 9.80 Å². The Bertz CT molecular complexity index is 1410. The Morgan fingerprint density at radius 2 is 1.63 bits per heavy atom. The number of benzene rings is 2. The Kier molecular flexibility index (Phi) is 5.46. The van der Waals surface area contributed by atoms with Crippen molar-refractivity contribution >= 4 is 22.8 Å². The van der Waals surface area contributed by atoms with Gasteiger partial charge in [-0.1, -0.05) is 12.1 Å². The molecule has 0 aliphatic carbocycles. The maximum absolute atomic E-state index is 14.3. The molecule has 1 aliphatic rings. The van der Waals surface area contributed by atoms with Gasteiger partial charge in [-0.15, -0.1) is 15.3 Å². The number of anilines is 2. The van der Waals surface area contributed by atoms with E-state index in [0.29, 0.717) is 30.6 Å². The first-order chi connectivity index (χ1) is 16.7. The third kappa shape index (κ3) is 4.20. The van der Waals surface area contributed by atoms with Crippen LogP contribution in [0.2, 0.25) is 0 Å². The number of halogens is 4. The predicted octanol–water partition coefficient (Wildman–Crippen LogP) is 4.18. The van der Waals surface area contributed by atoms with Crippen LogP contribution >= 0.6 is 0 Å². The number of aromatic nitrogens is 4. The van der Waals surface area contributed by atoms with E-state index in [-0.39, 0.29) is 30.2 Å². The Labute approximate surface area is 195 Å². The van der Waals surface area contributed by atoms with Crippen molar-refractivity contribution < 1.29 is 22.5 Å². The van der Waals surface area contributed by atoms with Crippen LogP contribution in [0, 0.1) is 15.9 Å². The number of piperazine rings is 1. The van der Waals surface area contributed by atoms with E-state index in [2.05, 4.69) is 15.3 Å². The van der Waals surface area contributed by atoms with Crippen LogP contribution in [0.4, 0.5) is 34.8 Å². The highest BCUT2D eigenvalue weighted by atomic mass is 19.4. The zero-order valence-corrected chi connectivity index (χ0v) is 18.0. The number of hydrogen-bond acceptors (Lipinski definition) is 7. The summed E-state index contributed by atoms with van der Waals surface area (Å²) in [5.41, 5.74) is -1.10. The molecule has 1 saturated heterocycles. The number of nitro groups is 1. The third-order valence-electron chi connectivity index (χ3n) is 5.80. The smallest absolute Gasteiger partial charge is 0.367 e. The van der Waals surface area contributed by atoms with Crippen LogP contribution in [0.25, 0.3) is 17.0 Å². The predicted molar refractivity (Wildman–Crippen MR) is 119 cm³/mol. The summed E-state index contributed by atoms with van der Waals surface area (Å²) in [6, 6.07) is 12.3. The molecule has 0 bridgehead atoms. The van der Waals surface area contributed by atoms with Crippen LogP contribution in [-0.4, -0.2) is 50.9 Å². The number of alkyl halides is 3. The summed E-state index contributed by atoms with van der Waals surface area (Å²) in [7, 11) is 0. The lowest BCUT2D eigenvalue weighted by atomic mass is 10.1. The quantitative estimate of drug-likeness (QED) is 0.242. The summed E-state index contributed by atoms with van der Waals surface area (Å²) in [6.07, 6.45) is -4.73. The third-order valence-corrected chi connectivity index (χ3v) is 5.80. The van der Waals surface area contributed by atoms with Gasteiger partial charge in [-0.05, 0) is 30.3 Å². The minimum atomic E-state index is -4.73. The molecule has 0 N–H and O–H groups in total. The molecular formula is C22H17F4N7O2. The van der Waals surface area contributed by atoms with Crippen molar-refractivity contribution in [3.05, 3.63) is 76.1 Å². The minimum Gasteiger partial charge on any atom is -0.367 e. The van der Waals surface area contributed by atoms with Crippen molar-refractivity contribution in [3.63, 3.8) is 0 Å². The van der Waals surface area contributed by atoms with Gasteiger partial charge in [-0.25, -0.2) is 4.39 Å². The number of hydrogen-bond donors (Lipinski definition) is 0. The number of fused-ring (bicyclic) bond motifs is 1. The highest BCUT2D eigenvalue weighted by Crippen LogP contribution is 2.39. The van der Waals surface area contributed by atoms with Gasteiger partial charge >= 0.3 is 6.18 Å². The summed E-state index contributed by atoms with van der Waals surface area (Å²) in [4.78, 5) is 13.5. The fraction of sp³-hybridized carbons (Fsp3) is 0.227. The topological polar surface area (TPSA) is 92.7 Å².